The van der Waals surface area contributed by atoms with Gasteiger partial charge in [0.15, 0.2) is 11.0 Å². The van der Waals surface area contributed by atoms with Gasteiger partial charge in [-0.3, -0.25) is 4.79 Å². The highest BCUT2D eigenvalue weighted by atomic mass is 32.2. The molecule has 0 saturated carbocycles. The van der Waals surface area contributed by atoms with E-state index in [0.29, 0.717) is 6.61 Å². The Morgan fingerprint density at radius 2 is 1.96 bits per heavy atom. The SMILES string of the molecule is CCCCOC(=O)CSc1nnc(-c2ccc(OC)cc2)n1CC. The Labute approximate surface area is 146 Å². The highest BCUT2D eigenvalue weighted by molar-refractivity contribution is 7.99. The molecule has 1 heterocycles. The molecule has 0 aliphatic rings. The van der Waals surface area contributed by atoms with E-state index in [1.807, 2.05) is 35.8 Å². The predicted octanol–water partition coefficient (Wildman–Crippen LogP) is 3.41. The molecule has 130 valence electrons. The van der Waals surface area contributed by atoms with Crippen molar-refractivity contribution in [2.45, 2.75) is 38.4 Å². The lowest BCUT2D eigenvalue weighted by Crippen LogP contribution is -2.09. The molecule has 24 heavy (non-hydrogen) atoms. The summed E-state index contributed by atoms with van der Waals surface area (Å²) in [5.41, 5.74) is 0.961. The topological polar surface area (TPSA) is 66.2 Å². The van der Waals surface area contributed by atoms with Crippen LogP contribution in [-0.2, 0) is 16.1 Å². The van der Waals surface area contributed by atoms with Gasteiger partial charge in [-0.2, -0.15) is 0 Å². The van der Waals surface area contributed by atoms with Gasteiger partial charge in [0.25, 0.3) is 0 Å². The second-order valence-electron chi connectivity index (χ2n) is 5.14. The number of methoxy groups -OCH3 is 1. The van der Waals surface area contributed by atoms with E-state index in [1.54, 1.807) is 7.11 Å². The van der Waals surface area contributed by atoms with Crippen LogP contribution < -0.4 is 4.74 Å². The number of carbonyl (C=O) groups excluding carboxylic acids is 1. The molecule has 0 saturated heterocycles. The number of aromatic nitrogens is 3. The van der Waals surface area contributed by atoms with Gasteiger partial charge >= 0.3 is 5.97 Å². The Morgan fingerprint density at radius 1 is 1.21 bits per heavy atom. The van der Waals surface area contributed by atoms with Gasteiger partial charge in [-0.25, -0.2) is 0 Å². The molecule has 0 radical (unpaired) electrons. The molecule has 2 rings (SSSR count). The Bertz CT molecular complexity index is 656. The molecule has 0 amide bonds. The standard InChI is InChI=1S/C17H23N3O3S/c1-4-6-11-23-15(21)12-24-17-19-18-16(20(17)5-2)13-7-9-14(22-3)10-8-13/h7-10H,4-6,11-12H2,1-3H3. The zero-order valence-electron chi connectivity index (χ0n) is 14.3. The fraction of sp³-hybridized carbons (Fsp3) is 0.471. The molecule has 2 aromatic rings. The molecule has 0 aliphatic heterocycles. The van der Waals surface area contributed by atoms with Crippen LogP contribution >= 0.6 is 11.8 Å². The molecule has 0 N–H and O–H groups in total. The molecule has 0 aliphatic carbocycles. The molecule has 1 aromatic carbocycles. The summed E-state index contributed by atoms with van der Waals surface area (Å²) in [6.07, 6.45) is 1.90. The van der Waals surface area contributed by atoms with E-state index in [1.165, 1.54) is 11.8 Å². The molecule has 0 atom stereocenters. The van der Waals surface area contributed by atoms with Gasteiger partial charge in [0, 0.05) is 12.1 Å². The van der Waals surface area contributed by atoms with Crippen molar-refractivity contribution in [2.75, 3.05) is 19.5 Å². The Hall–Kier alpha value is -2.02. The van der Waals surface area contributed by atoms with Crippen LogP contribution in [0.2, 0.25) is 0 Å². The Morgan fingerprint density at radius 3 is 2.58 bits per heavy atom. The van der Waals surface area contributed by atoms with E-state index in [9.17, 15) is 4.79 Å². The van der Waals surface area contributed by atoms with Crippen molar-refractivity contribution in [2.24, 2.45) is 0 Å². The van der Waals surface area contributed by atoms with E-state index >= 15 is 0 Å². The van der Waals surface area contributed by atoms with E-state index in [0.717, 1.165) is 41.7 Å². The number of thioether (sulfide) groups is 1. The number of hydrogen-bond acceptors (Lipinski definition) is 6. The first-order valence-electron chi connectivity index (χ1n) is 8.05. The Balaban J connectivity index is 2.04. The number of hydrogen-bond donors (Lipinski definition) is 0. The molecule has 0 spiro atoms. The van der Waals surface area contributed by atoms with Crippen LogP contribution in [0.3, 0.4) is 0 Å². The van der Waals surface area contributed by atoms with Gasteiger partial charge in [0.05, 0.1) is 19.5 Å². The second-order valence-corrected chi connectivity index (χ2v) is 6.08. The van der Waals surface area contributed by atoms with Crippen LogP contribution in [0.1, 0.15) is 26.7 Å². The number of nitrogens with zero attached hydrogens (tertiary/aromatic N) is 3. The van der Waals surface area contributed by atoms with Crippen molar-refractivity contribution >= 4 is 17.7 Å². The monoisotopic (exact) mass is 349 g/mol. The van der Waals surface area contributed by atoms with Crippen molar-refractivity contribution < 1.29 is 14.3 Å². The summed E-state index contributed by atoms with van der Waals surface area (Å²) in [5, 5.41) is 9.19. The minimum absolute atomic E-state index is 0.217. The summed E-state index contributed by atoms with van der Waals surface area (Å²) in [6, 6.07) is 7.68. The average molecular weight is 349 g/mol. The van der Waals surface area contributed by atoms with Crippen molar-refractivity contribution in [3.8, 4) is 17.1 Å². The number of benzene rings is 1. The maximum Gasteiger partial charge on any atom is 0.316 e. The van der Waals surface area contributed by atoms with Crippen LogP contribution in [-0.4, -0.2) is 40.2 Å². The molecule has 0 unspecified atom stereocenters. The molecular weight excluding hydrogens is 326 g/mol. The molecular formula is C17H23N3O3S. The minimum atomic E-state index is -0.217. The van der Waals surface area contributed by atoms with Crippen LogP contribution in [0.15, 0.2) is 29.4 Å². The number of unbranched alkanes of at least 4 members (excludes halogenated alkanes) is 1. The minimum Gasteiger partial charge on any atom is -0.497 e. The average Bonchev–Trinajstić information content (AvgIpc) is 3.03. The van der Waals surface area contributed by atoms with Crippen molar-refractivity contribution in [3.05, 3.63) is 24.3 Å². The summed E-state index contributed by atoms with van der Waals surface area (Å²) in [7, 11) is 1.64. The lowest BCUT2D eigenvalue weighted by Gasteiger charge is -2.08. The van der Waals surface area contributed by atoms with E-state index in [4.69, 9.17) is 9.47 Å². The van der Waals surface area contributed by atoms with Crippen LogP contribution in [0.4, 0.5) is 0 Å². The van der Waals surface area contributed by atoms with Crippen molar-refractivity contribution in [1.29, 1.82) is 0 Å². The predicted molar refractivity (Wildman–Crippen MR) is 94.3 cm³/mol. The van der Waals surface area contributed by atoms with Crippen LogP contribution in [0.25, 0.3) is 11.4 Å². The van der Waals surface area contributed by atoms with Gasteiger partial charge < -0.3 is 14.0 Å². The highest BCUT2D eigenvalue weighted by Crippen LogP contribution is 2.25. The fourth-order valence-electron chi connectivity index (χ4n) is 2.13. The summed E-state index contributed by atoms with van der Waals surface area (Å²) in [4.78, 5) is 11.7. The summed E-state index contributed by atoms with van der Waals surface area (Å²) in [5.74, 6) is 1.60. The first kappa shape index (κ1) is 18.3. The third-order valence-corrected chi connectivity index (χ3v) is 4.40. The molecule has 6 nitrogen and oxygen atoms in total. The van der Waals surface area contributed by atoms with E-state index < -0.39 is 0 Å². The maximum atomic E-state index is 11.7. The molecule has 0 bridgehead atoms. The lowest BCUT2D eigenvalue weighted by atomic mass is 10.2. The number of ether oxygens (including phenoxy) is 2. The zero-order chi connectivity index (χ0) is 17.4. The highest BCUT2D eigenvalue weighted by Gasteiger charge is 2.15. The van der Waals surface area contributed by atoms with Gasteiger partial charge in [0.1, 0.15) is 5.75 Å². The second kappa shape index (κ2) is 9.32. The third kappa shape index (κ3) is 4.74. The van der Waals surface area contributed by atoms with Gasteiger partial charge in [0.2, 0.25) is 0 Å². The van der Waals surface area contributed by atoms with Crippen molar-refractivity contribution in [1.82, 2.24) is 14.8 Å². The third-order valence-electron chi connectivity index (χ3n) is 3.46. The molecule has 1 aromatic heterocycles. The van der Waals surface area contributed by atoms with E-state index in [2.05, 4.69) is 17.1 Å². The van der Waals surface area contributed by atoms with Gasteiger partial charge in [-0.1, -0.05) is 25.1 Å². The van der Waals surface area contributed by atoms with Crippen LogP contribution in [0.5, 0.6) is 5.75 Å². The van der Waals surface area contributed by atoms with E-state index in [-0.39, 0.29) is 11.7 Å². The van der Waals surface area contributed by atoms with Gasteiger partial charge in [-0.05, 0) is 37.6 Å². The first-order valence-corrected chi connectivity index (χ1v) is 9.04. The normalized spacial score (nSPS) is 10.6. The fourth-order valence-corrected chi connectivity index (χ4v) is 2.93. The maximum absolute atomic E-state index is 11.7. The van der Waals surface area contributed by atoms with Crippen molar-refractivity contribution in [3.63, 3.8) is 0 Å². The van der Waals surface area contributed by atoms with Gasteiger partial charge in [-0.15, -0.1) is 10.2 Å². The Kier molecular flexibility index (Phi) is 7.11. The first-order chi connectivity index (χ1) is 11.7. The van der Waals surface area contributed by atoms with Crippen LogP contribution in [0, 0.1) is 0 Å². The summed E-state index contributed by atoms with van der Waals surface area (Å²) >= 11 is 1.35. The quantitative estimate of drug-likeness (QED) is 0.393. The number of carbonyl (C=O) groups is 1. The number of rotatable bonds is 9. The summed E-state index contributed by atoms with van der Waals surface area (Å²) in [6.45, 7) is 5.29. The largest absolute Gasteiger partial charge is 0.497 e. The molecule has 7 heteroatoms. The lowest BCUT2D eigenvalue weighted by molar-refractivity contribution is -0.140. The number of esters is 1. The molecule has 0 fully saturated rings. The smallest absolute Gasteiger partial charge is 0.316 e. The summed E-state index contributed by atoms with van der Waals surface area (Å²) < 4.78 is 12.3. The zero-order valence-corrected chi connectivity index (χ0v) is 15.1.